The normalized spacial score (nSPS) is 54.8. The van der Waals surface area contributed by atoms with E-state index in [2.05, 4.69) is 27.4 Å². The quantitative estimate of drug-likeness (QED) is 0.777. The van der Waals surface area contributed by atoms with Gasteiger partial charge < -0.3 is 9.84 Å². The molecule has 8 atom stereocenters. The zero-order chi connectivity index (χ0) is 17.9. The maximum absolute atomic E-state index is 13.4. The third kappa shape index (κ3) is 2.07. The highest BCUT2D eigenvalue weighted by Gasteiger charge is 2.67. The van der Waals surface area contributed by atoms with E-state index in [1.165, 1.54) is 0 Å². The predicted molar refractivity (Wildman–Crippen MR) is 95.6 cm³/mol. The summed E-state index contributed by atoms with van der Waals surface area (Å²) in [5.74, 6) is 0.929. The van der Waals surface area contributed by atoms with Gasteiger partial charge in [-0.15, -0.1) is 6.58 Å². The summed E-state index contributed by atoms with van der Waals surface area (Å²) in [5.41, 5.74) is -0.889. The molecule has 1 N–H and O–H groups in total. The zero-order valence-corrected chi connectivity index (χ0v) is 16.0. The summed E-state index contributed by atoms with van der Waals surface area (Å²) in [6.07, 6.45) is 6.08. The number of ketones is 1. The van der Waals surface area contributed by atoms with Gasteiger partial charge in [0.2, 0.25) is 0 Å². The largest absolute Gasteiger partial charge is 0.392 e. The van der Waals surface area contributed by atoms with Crippen molar-refractivity contribution in [1.29, 1.82) is 0 Å². The number of carbonyl (C=O) groups is 1. The van der Waals surface area contributed by atoms with E-state index in [0.717, 1.165) is 25.7 Å². The molecule has 3 rings (SSSR count). The molecule has 3 saturated carbocycles. The molecule has 3 aliphatic rings. The van der Waals surface area contributed by atoms with Crippen LogP contribution in [0.5, 0.6) is 0 Å². The average molecular weight is 334 g/mol. The molecular weight excluding hydrogens is 300 g/mol. The Morgan fingerprint density at radius 2 is 1.88 bits per heavy atom. The van der Waals surface area contributed by atoms with Gasteiger partial charge in [-0.2, -0.15) is 0 Å². The molecule has 3 aliphatic carbocycles. The number of hydrogen-bond donors (Lipinski definition) is 1. The van der Waals surface area contributed by atoms with Crippen molar-refractivity contribution in [2.45, 2.75) is 72.0 Å². The maximum atomic E-state index is 13.4. The van der Waals surface area contributed by atoms with Gasteiger partial charge in [-0.25, -0.2) is 0 Å². The highest BCUT2D eigenvalue weighted by Crippen LogP contribution is 2.68. The van der Waals surface area contributed by atoms with Crippen molar-refractivity contribution in [2.24, 2.45) is 34.0 Å². The summed E-state index contributed by atoms with van der Waals surface area (Å²) in [7, 11) is 1.79. The molecule has 3 fully saturated rings. The van der Waals surface area contributed by atoms with Gasteiger partial charge in [0.05, 0.1) is 12.2 Å². The molecule has 0 unspecified atom stereocenters. The smallest absolute Gasteiger partial charge is 0.145 e. The minimum atomic E-state index is -0.639. The third-order valence-electron chi connectivity index (χ3n) is 8.57. The molecule has 0 aliphatic heterocycles. The fourth-order valence-electron chi connectivity index (χ4n) is 6.66. The second-order valence-corrected chi connectivity index (χ2v) is 9.26. The Labute approximate surface area is 146 Å². The molecule has 3 heteroatoms. The van der Waals surface area contributed by atoms with Gasteiger partial charge >= 0.3 is 0 Å². The molecule has 3 nitrogen and oxygen atoms in total. The van der Waals surface area contributed by atoms with Crippen molar-refractivity contribution < 1.29 is 14.6 Å². The Kier molecular flexibility index (Phi) is 4.28. The van der Waals surface area contributed by atoms with Crippen LogP contribution in [0.1, 0.15) is 59.8 Å². The Morgan fingerprint density at radius 3 is 2.46 bits per heavy atom. The number of ether oxygens (including phenoxy) is 1. The lowest BCUT2D eigenvalue weighted by Crippen LogP contribution is -2.62. The summed E-state index contributed by atoms with van der Waals surface area (Å²) in [6, 6.07) is 0. The fraction of sp³-hybridized carbons (Fsp3) is 0.857. The van der Waals surface area contributed by atoms with Crippen LogP contribution in [0.4, 0.5) is 0 Å². The Hall–Kier alpha value is -0.670. The summed E-state index contributed by atoms with van der Waals surface area (Å²) < 4.78 is 5.89. The molecule has 0 aromatic heterocycles. The van der Waals surface area contributed by atoms with Crippen molar-refractivity contribution in [2.75, 3.05) is 7.11 Å². The zero-order valence-electron chi connectivity index (χ0n) is 16.0. The van der Waals surface area contributed by atoms with Crippen LogP contribution < -0.4 is 0 Å². The van der Waals surface area contributed by atoms with E-state index in [1.54, 1.807) is 13.2 Å². The molecule has 136 valence electrons. The first-order valence-electron chi connectivity index (χ1n) is 9.56. The van der Waals surface area contributed by atoms with Gasteiger partial charge in [0.1, 0.15) is 5.78 Å². The molecule has 0 aromatic carbocycles. The first kappa shape index (κ1) is 18.1. The van der Waals surface area contributed by atoms with Crippen LogP contribution in [0.2, 0.25) is 0 Å². The average Bonchev–Trinajstić information content (AvgIpc) is 2.96. The van der Waals surface area contributed by atoms with Gasteiger partial charge in [-0.3, -0.25) is 4.79 Å². The summed E-state index contributed by atoms with van der Waals surface area (Å²) in [5, 5.41) is 11.3. The standard InChI is InChI=1S/C21H34O3/c1-7-19(4)12-16(22)20(5)13(2)8-10-21(14(3)18(19)23)11-9-15(24-6)17(20)21/h7,13-17,22H,1,8-12H2,2-6H3/t13-,14+,15-,16-,17+,19-,20+,21+/m1/s1. The Balaban J connectivity index is 2.21. The predicted octanol–water partition coefficient (Wildman–Crippen LogP) is 4.00. The Morgan fingerprint density at radius 1 is 1.25 bits per heavy atom. The van der Waals surface area contributed by atoms with Crippen LogP contribution in [-0.2, 0) is 9.53 Å². The van der Waals surface area contributed by atoms with Crippen LogP contribution in [0.25, 0.3) is 0 Å². The van der Waals surface area contributed by atoms with Crippen LogP contribution >= 0.6 is 0 Å². The van der Waals surface area contributed by atoms with Gasteiger partial charge in [0, 0.05) is 23.9 Å². The SMILES string of the molecule is C=C[C@]1(C)C[C@@H](O)[C@]2(C)[C@H](C)CC[C@]3(CC[C@@H](OC)[C@H]32)[C@@H](C)C1=O. The minimum Gasteiger partial charge on any atom is -0.392 e. The summed E-state index contributed by atoms with van der Waals surface area (Å²) in [4.78, 5) is 13.4. The fourth-order valence-corrected chi connectivity index (χ4v) is 6.66. The number of hydrogen-bond acceptors (Lipinski definition) is 3. The van der Waals surface area contributed by atoms with Crippen molar-refractivity contribution in [3.8, 4) is 0 Å². The van der Waals surface area contributed by atoms with E-state index in [9.17, 15) is 9.90 Å². The third-order valence-corrected chi connectivity index (χ3v) is 8.57. The van der Waals surface area contributed by atoms with Crippen LogP contribution in [0.3, 0.4) is 0 Å². The molecule has 24 heavy (non-hydrogen) atoms. The van der Waals surface area contributed by atoms with Crippen molar-refractivity contribution in [3.63, 3.8) is 0 Å². The number of allylic oxidation sites excluding steroid dienone is 1. The monoisotopic (exact) mass is 334 g/mol. The van der Waals surface area contributed by atoms with Crippen molar-refractivity contribution in [1.82, 2.24) is 0 Å². The molecular formula is C21H34O3. The Bertz CT molecular complexity index is 543. The topological polar surface area (TPSA) is 46.5 Å². The van der Waals surface area contributed by atoms with Gasteiger partial charge in [-0.05, 0) is 56.3 Å². The second-order valence-electron chi connectivity index (χ2n) is 9.26. The van der Waals surface area contributed by atoms with Crippen molar-refractivity contribution in [3.05, 3.63) is 12.7 Å². The van der Waals surface area contributed by atoms with E-state index in [4.69, 9.17) is 4.74 Å². The van der Waals surface area contributed by atoms with E-state index < -0.39 is 11.5 Å². The lowest BCUT2D eigenvalue weighted by atomic mass is 9.44. The maximum Gasteiger partial charge on any atom is 0.145 e. The van der Waals surface area contributed by atoms with Crippen LogP contribution in [0.15, 0.2) is 12.7 Å². The van der Waals surface area contributed by atoms with Gasteiger partial charge in [0.15, 0.2) is 0 Å². The lowest BCUT2D eigenvalue weighted by molar-refractivity contribution is -0.188. The van der Waals surface area contributed by atoms with Gasteiger partial charge in [-0.1, -0.05) is 26.8 Å². The highest BCUT2D eigenvalue weighted by atomic mass is 16.5. The first-order valence-corrected chi connectivity index (χ1v) is 9.56. The van der Waals surface area contributed by atoms with Crippen LogP contribution in [-0.4, -0.2) is 30.2 Å². The summed E-state index contributed by atoms with van der Waals surface area (Å²) >= 11 is 0. The van der Waals surface area contributed by atoms with E-state index >= 15 is 0 Å². The number of rotatable bonds is 2. The number of Topliss-reactive ketones (excluding diaryl/α,β-unsaturated/α-hetero) is 1. The molecule has 0 saturated heterocycles. The molecule has 0 amide bonds. The lowest BCUT2D eigenvalue weighted by Gasteiger charge is -2.61. The number of carbonyl (C=O) groups excluding carboxylic acids is 1. The van der Waals surface area contributed by atoms with Crippen molar-refractivity contribution >= 4 is 5.78 Å². The second kappa shape index (κ2) is 5.67. The van der Waals surface area contributed by atoms with E-state index in [-0.39, 0.29) is 34.6 Å². The van der Waals surface area contributed by atoms with Crippen LogP contribution in [0, 0.1) is 34.0 Å². The molecule has 0 radical (unpaired) electrons. The molecule has 0 heterocycles. The van der Waals surface area contributed by atoms with Gasteiger partial charge in [0.25, 0.3) is 0 Å². The molecule has 0 aromatic rings. The number of aliphatic hydroxyl groups is 1. The number of aliphatic hydroxyl groups excluding tert-OH is 1. The minimum absolute atomic E-state index is 0.00928. The van der Waals surface area contributed by atoms with E-state index in [0.29, 0.717) is 12.3 Å². The summed E-state index contributed by atoms with van der Waals surface area (Å²) in [6.45, 7) is 12.6. The first-order chi connectivity index (χ1) is 11.2. The molecule has 2 bridgehead atoms. The van der Waals surface area contributed by atoms with E-state index in [1.807, 2.05) is 6.92 Å². The number of methoxy groups -OCH3 is 1. The highest BCUT2D eigenvalue weighted by molar-refractivity contribution is 5.89. The molecule has 0 spiro atoms.